The first-order valence-corrected chi connectivity index (χ1v) is 9.36. The highest BCUT2D eigenvalue weighted by atomic mass is 16.6. The maximum Gasteiger partial charge on any atom is 0.313 e. The summed E-state index contributed by atoms with van der Waals surface area (Å²) in [4.78, 5) is 38.5. The number of esters is 1. The highest BCUT2D eigenvalue weighted by Crippen LogP contribution is 2.71. The van der Waals surface area contributed by atoms with Crippen molar-refractivity contribution >= 4 is 17.5 Å². The highest BCUT2D eigenvalue weighted by Gasteiger charge is 2.83. The lowest BCUT2D eigenvalue weighted by Gasteiger charge is -2.62. The zero-order valence-electron chi connectivity index (χ0n) is 15.1. The van der Waals surface area contributed by atoms with Crippen LogP contribution in [0.1, 0.15) is 33.6 Å². The summed E-state index contributed by atoms with van der Waals surface area (Å²) in [7, 11) is 0. The number of aliphatic hydroxyl groups excluding tert-OH is 2. The number of ketones is 2. The van der Waals surface area contributed by atoms with Crippen LogP contribution in [0.3, 0.4) is 0 Å². The van der Waals surface area contributed by atoms with Gasteiger partial charge in [-0.15, -0.1) is 0 Å². The summed E-state index contributed by atoms with van der Waals surface area (Å²) in [6.07, 6.45) is -2.91. The molecule has 5 fully saturated rings. The second-order valence-electron chi connectivity index (χ2n) is 9.42. The smallest absolute Gasteiger partial charge is 0.313 e. The standard InChI is InChI=1S/C19H24O7/c1-7-4-9(20)14(23)17(2)8(7)5-10(21)19-6-25-18(3)13(19)16(24)26-15(18)11(22)12(17)19/h7-8,11-15,22-23H,4-6H2,1-3H3/t7?,8-,11+,12+,13-,14+,15-,17-,18-,19+/m0/s1. The van der Waals surface area contributed by atoms with E-state index in [2.05, 4.69) is 0 Å². The average Bonchev–Trinajstić information content (AvgIpc) is 2.94. The van der Waals surface area contributed by atoms with Crippen molar-refractivity contribution in [2.24, 2.45) is 34.5 Å². The monoisotopic (exact) mass is 364 g/mol. The molecule has 2 N–H and O–H groups in total. The number of rotatable bonds is 0. The Balaban J connectivity index is 1.76. The second-order valence-corrected chi connectivity index (χ2v) is 9.42. The van der Waals surface area contributed by atoms with Crippen LogP contribution < -0.4 is 0 Å². The van der Waals surface area contributed by atoms with Crippen LogP contribution >= 0.6 is 0 Å². The van der Waals surface area contributed by atoms with Crippen molar-refractivity contribution in [2.75, 3.05) is 6.61 Å². The lowest BCUT2D eigenvalue weighted by molar-refractivity contribution is -0.219. The summed E-state index contributed by atoms with van der Waals surface area (Å²) in [5.74, 6) is -2.74. The van der Waals surface area contributed by atoms with E-state index >= 15 is 0 Å². The third-order valence-electron chi connectivity index (χ3n) is 8.46. The maximum absolute atomic E-state index is 13.4. The van der Waals surface area contributed by atoms with E-state index in [0.29, 0.717) is 0 Å². The molecule has 3 saturated carbocycles. The van der Waals surface area contributed by atoms with Crippen LogP contribution in [0.4, 0.5) is 0 Å². The number of hydrogen-bond donors (Lipinski definition) is 2. The van der Waals surface area contributed by atoms with Gasteiger partial charge in [-0.2, -0.15) is 0 Å². The second kappa shape index (κ2) is 4.56. The summed E-state index contributed by atoms with van der Waals surface area (Å²) in [6, 6.07) is 0. The molecule has 4 bridgehead atoms. The lowest BCUT2D eigenvalue weighted by Crippen LogP contribution is -2.73. The van der Waals surface area contributed by atoms with Crippen molar-refractivity contribution in [1.29, 1.82) is 0 Å². The molecule has 2 saturated heterocycles. The number of carbonyl (C=O) groups is 3. The molecule has 26 heavy (non-hydrogen) atoms. The van der Waals surface area contributed by atoms with Gasteiger partial charge in [0.25, 0.3) is 0 Å². The molecule has 1 unspecified atom stereocenters. The van der Waals surface area contributed by atoms with Crippen LogP contribution in [0.25, 0.3) is 0 Å². The van der Waals surface area contributed by atoms with Crippen molar-refractivity contribution in [3.8, 4) is 0 Å². The molecule has 7 heteroatoms. The molecule has 0 amide bonds. The van der Waals surface area contributed by atoms with Crippen molar-refractivity contribution in [3.63, 3.8) is 0 Å². The Hall–Kier alpha value is -1.31. The minimum absolute atomic E-state index is 0.0257. The van der Waals surface area contributed by atoms with Gasteiger partial charge in [0, 0.05) is 24.2 Å². The summed E-state index contributed by atoms with van der Waals surface area (Å²) >= 11 is 0. The number of carbonyl (C=O) groups excluding carboxylic acids is 3. The topological polar surface area (TPSA) is 110 Å². The SMILES string of the molecule is CC1CC(=O)[C@@H](O)[C@@]2(C)[C@H]1CC(=O)[C@@]13CO[C@]4(C)[C@@H](OC(=O)[C@@H]41)[C@H](O)[C@@H]32. The quantitative estimate of drug-likeness (QED) is 0.576. The minimum atomic E-state index is -1.27. The van der Waals surface area contributed by atoms with Gasteiger partial charge in [0.05, 0.1) is 18.1 Å². The molecule has 0 aromatic rings. The Kier molecular flexibility index (Phi) is 2.96. The molecule has 0 radical (unpaired) electrons. The van der Waals surface area contributed by atoms with Crippen molar-refractivity contribution in [2.45, 2.75) is 57.5 Å². The number of hydrogen-bond acceptors (Lipinski definition) is 7. The molecule has 142 valence electrons. The van der Waals surface area contributed by atoms with Crippen molar-refractivity contribution < 1.29 is 34.1 Å². The van der Waals surface area contributed by atoms with Crippen LogP contribution in [-0.2, 0) is 23.9 Å². The Morgan fingerprint density at radius 2 is 1.81 bits per heavy atom. The van der Waals surface area contributed by atoms with Gasteiger partial charge in [-0.3, -0.25) is 14.4 Å². The van der Waals surface area contributed by atoms with E-state index in [1.807, 2.05) is 6.92 Å². The molecule has 10 atom stereocenters. The first-order chi connectivity index (χ1) is 12.1. The molecular formula is C19H24O7. The lowest BCUT2D eigenvalue weighted by atomic mass is 9.39. The molecule has 5 aliphatic rings. The van der Waals surface area contributed by atoms with E-state index in [-0.39, 0.29) is 42.9 Å². The van der Waals surface area contributed by atoms with Gasteiger partial charge in [-0.05, 0) is 18.8 Å². The van der Waals surface area contributed by atoms with Crippen molar-refractivity contribution in [1.82, 2.24) is 0 Å². The van der Waals surface area contributed by atoms with E-state index in [1.54, 1.807) is 13.8 Å². The number of ether oxygens (including phenoxy) is 2. The van der Waals surface area contributed by atoms with Crippen LogP contribution in [0.15, 0.2) is 0 Å². The third-order valence-corrected chi connectivity index (χ3v) is 8.46. The van der Waals surface area contributed by atoms with Gasteiger partial charge >= 0.3 is 5.97 Å². The van der Waals surface area contributed by atoms with E-state index in [4.69, 9.17) is 9.47 Å². The van der Waals surface area contributed by atoms with Gasteiger partial charge in [0.2, 0.25) is 0 Å². The molecule has 7 nitrogen and oxygen atoms in total. The fraction of sp³-hybridized carbons (Fsp3) is 0.842. The van der Waals surface area contributed by atoms with Gasteiger partial charge < -0.3 is 19.7 Å². The molecule has 0 aromatic carbocycles. The Morgan fingerprint density at radius 3 is 2.50 bits per heavy atom. The number of aliphatic hydroxyl groups is 2. The first kappa shape index (κ1) is 16.8. The molecule has 2 heterocycles. The normalized spacial score (nSPS) is 60.5. The van der Waals surface area contributed by atoms with Crippen LogP contribution in [-0.4, -0.2) is 58.3 Å². The number of Topliss-reactive ketones (excluding diaryl/α,β-unsaturated/α-hetero) is 2. The summed E-state index contributed by atoms with van der Waals surface area (Å²) in [6.45, 7) is 5.45. The zero-order chi connectivity index (χ0) is 18.8. The van der Waals surface area contributed by atoms with E-state index in [9.17, 15) is 24.6 Å². The van der Waals surface area contributed by atoms with Crippen molar-refractivity contribution in [3.05, 3.63) is 0 Å². The van der Waals surface area contributed by atoms with E-state index < -0.39 is 52.5 Å². The predicted octanol–water partition coefficient (Wildman–Crippen LogP) is -0.141. The Labute approximate surface area is 151 Å². The fourth-order valence-corrected chi connectivity index (χ4v) is 7.39. The predicted molar refractivity (Wildman–Crippen MR) is 85.7 cm³/mol. The molecular weight excluding hydrogens is 340 g/mol. The molecule has 5 rings (SSSR count). The summed E-state index contributed by atoms with van der Waals surface area (Å²) < 4.78 is 11.4. The number of fused-ring (bicyclic) bond motifs is 2. The fourth-order valence-electron chi connectivity index (χ4n) is 7.39. The van der Waals surface area contributed by atoms with Crippen LogP contribution in [0.2, 0.25) is 0 Å². The van der Waals surface area contributed by atoms with Gasteiger partial charge in [-0.25, -0.2) is 0 Å². The molecule has 2 aliphatic heterocycles. The molecule has 3 aliphatic carbocycles. The van der Waals surface area contributed by atoms with Gasteiger partial charge in [-0.1, -0.05) is 13.8 Å². The largest absolute Gasteiger partial charge is 0.456 e. The first-order valence-electron chi connectivity index (χ1n) is 9.36. The molecule has 0 aromatic heterocycles. The van der Waals surface area contributed by atoms with E-state index in [0.717, 1.165) is 0 Å². The summed E-state index contributed by atoms with van der Waals surface area (Å²) in [5, 5.41) is 22.1. The minimum Gasteiger partial charge on any atom is -0.456 e. The maximum atomic E-state index is 13.4. The Morgan fingerprint density at radius 1 is 1.12 bits per heavy atom. The average molecular weight is 364 g/mol. The van der Waals surface area contributed by atoms with Gasteiger partial charge in [0.15, 0.2) is 11.9 Å². The molecule has 1 spiro atoms. The Bertz CT molecular complexity index is 748. The van der Waals surface area contributed by atoms with Crippen LogP contribution in [0.5, 0.6) is 0 Å². The zero-order valence-corrected chi connectivity index (χ0v) is 15.1. The van der Waals surface area contributed by atoms with E-state index in [1.165, 1.54) is 0 Å². The van der Waals surface area contributed by atoms with Gasteiger partial charge in [0.1, 0.15) is 23.4 Å². The summed E-state index contributed by atoms with van der Waals surface area (Å²) in [5.41, 5.74) is -3.27. The third kappa shape index (κ3) is 1.45. The highest BCUT2D eigenvalue weighted by molar-refractivity contribution is 5.96. The van der Waals surface area contributed by atoms with Crippen LogP contribution in [0, 0.1) is 34.5 Å².